The van der Waals surface area contributed by atoms with Crippen LogP contribution in [-0.2, 0) is 20.9 Å². The van der Waals surface area contributed by atoms with E-state index in [1.807, 2.05) is 86.4 Å². The van der Waals surface area contributed by atoms with Crippen molar-refractivity contribution in [2.24, 2.45) is 17.3 Å². The number of likely N-dealkylation sites (tertiary alicyclic amines) is 1. The standard InChI is InChI=1S/C27H28N2O4/c1-27(2,3)24(30)23-22-21(25(31)28(26(22)32)15-16-8-6-5-7-9-16)20-12-10-17-14-18(33-4)11-13-19(17)29(20)23/h5-14,20-23H,15H2,1-4H3/t20?,21-,22-,23+/m0/s1. The molecular formula is C27H28N2O4. The van der Waals surface area contributed by atoms with Gasteiger partial charge in [0.15, 0.2) is 5.78 Å². The number of hydrogen-bond acceptors (Lipinski definition) is 5. The van der Waals surface area contributed by atoms with Crippen LogP contribution in [0.25, 0.3) is 6.08 Å². The molecular weight excluding hydrogens is 416 g/mol. The largest absolute Gasteiger partial charge is 0.497 e. The van der Waals surface area contributed by atoms with E-state index in [9.17, 15) is 14.4 Å². The molecule has 33 heavy (non-hydrogen) atoms. The van der Waals surface area contributed by atoms with Gasteiger partial charge in [-0.25, -0.2) is 0 Å². The van der Waals surface area contributed by atoms with Gasteiger partial charge in [0, 0.05) is 16.7 Å². The zero-order valence-electron chi connectivity index (χ0n) is 19.3. The lowest BCUT2D eigenvalue weighted by atomic mass is 9.79. The highest BCUT2D eigenvalue weighted by molar-refractivity contribution is 6.11. The van der Waals surface area contributed by atoms with Gasteiger partial charge in [-0.3, -0.25) is 19.3 Å². The normalized spacial score (nSPS) is 25.7. The summed E-state index contributed by atoms with van der Waals surface area (Å²) < 4.78 is 5.37. The van der Waals surface area contributed by atoms with Crippen LogP contribution in [0.4, 0.5) is 5.69 Å². The van der Waals surface area contributed by atoms with E-state index in [-0.39, 0.29) is 30.2 Å². The fourth-order valence-electron chi connectivity index (χ4n) is 5.41. The number of carbonyl (C=O) groups excluding carboxylic acids is 3. The number of hydrogen-bond donors (Lipinski definition) is 0. The van der Waals surface area contributed by atoms with Crippen molar-refractivity contribution in [1.82, 2.24) is 4.90 Å². The number of amides is 2. The molecule has 3 heterocycles. The zero-order chi connectivity index (χ0) is 23.5. The zero-order valence-corrected chi connectivity index (χ0v) is 19.3. The predicted molar refractivity (Wildman–Crippen MR) is 126 cm³/mol. The Morgan fingerprint density at radius 1 is 1.00 bits per heavy atom. The van der Waals surface area contributed by atoms with E-state index in [1.165, 1.54) is 4.90 Å². The summed E-state index contributed by atoms with van der Waals surface area (Å²) in [5.41, 5.74) is 2.01. The van der Waals surface area contributed by atoms with Gasteiger partial charge < -0.3 is 9.64 Å². The van der Waals surface area contributed by atoms with Crippen LogP contribution < -0.4 is 9.64 Å². The van der Waals surface area contributed by atoms with E-state index in [4.69, 9.17) is 4.74 Å². The van der Waals surface area contributed by atoms with Crippen molar-refractivity contribution in [3.8, 4) is 5.75 Å². The minimum absolute atomic E-state index is 0.0280. The Bertz CT molecular complexity index is 1160. The number of ether oxygens (including phenoxy) is 1. The van der Waals surface area contributed by atoms with E-state index < -0.39 is 23.3 Å². The molecule has 2 aromatic rings. The molecule has 4 atom stereocenters. The Morgan fingerprint density at radius 2 is 1.70 bits per heavy atom. The average molecular weight is 445 g/mol. The first kappa shape index (κ1) is 21.4. The molecule has 3 aliphatic heterocycles. The molecule has 0 N–H and O–H groups in total. The van der Waals surface area contributed by atoms with Crippen LogP contribution in [0.1, 0.15) is 31.9 Å². The molecule has 2 aromatic carbocycles. The molecule has 2 saturated heterocycles. The molecule has 1 unspecified atom stereocenters. The molecule has 5 rings (SSSR count). The molecule has 2 amide bonds. The maximum Gasteiger partial charge on any atom is 0.236 e. The van der Waals surface area contributed by atoms with E-state index in [1.54, 1.807) is 7.11 Å². The van der Waals surface area contributed by atoms with Gasteiger partial charge >= 0.3 is 0 Å². The highest BCUT2D eigenvalue weighted by Gasteiger charge is 2.64. The molecule has 3 aliphatic rings. The van der Waals surface area contributed by atoms with E-state index >= 15 is 0 Å². The fraction of sp³-hybridized carbons (Fsp3) is 0.370. The van der Waals surface area contributed by atoms with Crippen molar-refractivity contribution in [2.75, 3.05) is 12.0 Å². The van der Waals surface area contributed by atoms with E-state index in [0.29, 0.717) is 0 Å². The van der Waals surface area contributed by atoms with Gasteiger partial charge in [0.2, 0.25) is 11.8 Å². The minimum Gasteiger partial charge on any atom is -0.497 e. The van der Waals surface area contributed by atoms with Gasteiger partial charge in [0.1, 0.15) is 11.8 Å². The summed E-state index contributed by atoms with van der Waals surface area (Å²) in [6.07, 6.45) is 3.93. The van der Waals surface area contributed by atoms with Crippen molar-refractivity contribution in [3.05, 3.63) is 65.7 Å². The Hall–Kier alpha value is -3.41. The number of carbonyl (C=O) groups is 3. The molecule has 0 aromatic heterocycles. The third-order valence-corrected chi connectivity index (χ3v) is 7.00. The van der Waals surface area contributed by atoms with Crippen LogP contribution >= 0.6 is 0 Å². The fourth-order valence-corrected chi connectivity index (χ4v) is 5.41. The van der Waals surface area contributed by atoms with Crippen molar-refractivity contribution in [2.45, 2.75) is 39.4 Å². The molecule has 0 saturated carbocycles. The Morgan fingerprint density at radius 3 is 2.36 bits per heavy atom. The first-order valence-electron chi connectivity index (χ1n) is 11.3. The number of imide groups is 1. The second-order valence-corrected chi connectivity index (χ2v) is 10.0. The Kier molecular flexibility index (Phi) is 4.92. The predicted octanol–water partition coefficient (Wildman–Crippen LogP) is 3.70. The second kappa shape index (κ2) is 7.58. The first-order valence-corrected chi connectivity index (χ1v) is 11.3. The van der Waals surface area contributed by atoms with Gasteiger partial charge in [-0.15, -0.1) is 0 Å². The molecule has 2 fully saturated rings. The number of benzene rings is 2. The third kappa shape index (κ3) is 3.27. The van der Waals surface area contributed by atoms with Gasteiger partial charge in [0.05, 0.1) is 31.5 Å². The molecule has 6 heteroatoms. The number of ketones is 1. The first-order chi connectivity index (χ1) is 15.7. The third-order valence-electron chi connectivity index (χ3n) is 7.00. The number of rotatable bonds is 4. The molecule has 0 bridgehead atoms. The summed E-state index contributed by atoms with van der Waals surface area (Å²) in [5.74, 6) is -1.04. The molecule has 0 radical (unpaired) electrons. The summed E-state index contributed by atoms with van der Waals surface area (Å²) in [6.45, 7) is 5.84. The summed E-state index contributed by atoms with van der Waals surface area (Å²) in [5, 5.41) is 0. The second-order valence-electron chi connectivity index (χ2n) is 10.0. The van der Waals surface area contributed by atoms with Crippen LogP contribution in [0.3, 0.4) is 0 Å². The lowest BCUT2D eigenvalue weighted by molar-refractivity contribution is -0.142. The van der Waals surface area contributed by atoms with E-state index in [0.717, 1.165) is 22.6 Å². The lowest BCUT2D eigenvalue weighted by Gasteiger charge is -2.38. The quantitative estimate of drug-likeness (QED) is 0.673. The summed E-state index contributed by atoms with van der Waals surface area (Å²) in [7, 11) is 1.61. The van der Waals surface area contributed by atoms with Crippen LogP contribution in [0, 0.1) is 17.3 Å². The van der Waals surface area contributed by atoms with Gasteiger partial charge in [0.25, 0.3) is 0 Å². The van der Waals surface area contributed by atoms with Gasteiger partial charge in [-0.05, 0) is 23.8 Å². The van der Waals surface area contributed by atoms with Crippen LogP contribution in [0.2, 0.25) is 0 Å². The molecule has 170 valence electrons. The van der Waals surface area contributed by atoms with Crippen LogP contribution in [0.15, 0.2) is 54.6 Å². The SMILES string of the molecule is COc1ccc2c(c1)C=CC1[C@@H]3C(=O)N(Cc4ccccc4)C(=O)[C@@H]3[C@H](C(=O)C(C)(C)C)N21. The van der Waals surface area contributed by atoms with Crippen molar-refractivity contribution >= 4 is 29.4 Å². The van der Waals surface area contributed by atoms with Crippen LogP contribution in [0.5, 0.6) is 5.75 Å². The average Bonchev–Trinajstić information content (AvgIpc) is 3.26. The lowest BCUT2D eigenvalue weighted by Crippen LogP contribution is -2.51. The van der Waals surface area contributed by atoms with Gasteiger partial charge in [-0.1, -0.05) is 63.3 Å². The number of fused-ring (bicyclic) bond motifs is 5. The Balaban J connectivity index is 1.59. The highest BCUT2D eigenvalue weighted by Crippen LogP contribution is 2.50. The number of methoxy groups -OCH3 is 1. The summed E-state index contributed by atoms with van der Waals surface area (Å²) in [4.78, 5) is 44.4. The highest BCUT2D eigenvalue weighted by atomic mass is 16.5. The Labute approximate surface area is 193 Å². The van der Waals surface area contributed by atoms with Crippen LogP contribution in [-0.4, -0.2) is 41.7 Å². The molecule has 0 aliphatic carbocycles. The molecule has 6 nitrogen and oxygen atoms in total. The topological polar surface area (TPSA) is 66.9 Å². The van der Waals surface area contributed by atoms with Gasteiger partial charge in [-0.2, -0.15) is 0 Å². The van der Waals surface area contributed by atoms with Crippen molar-refractivity contribution in [3.63, 3.8) is 0 Å². The minimum atomic E-state index is -0.700. The maximum absolute atomic E-state index is 13.7. The molecule has 0 spiro atoms. The number of nitrogens with zero attached hydrogens (tertiary/aromatic N) is 2. The monoisotopic (exact) mass is 444 g/mol. The van der Waals surface area contributed by atoms with Crippen molar-refractivity contribution < 1.29 is 19.1 Å². The van der Waals surface area contributed by atoms with E-state index in [2.05, 4.69) is 0 Å². The number of anilines is 1. The number of Topliss-reactive ketones (excluding diaryl/α,β-unsaturated/α-hetero) is 1. The summed E-state index contributed by atoms with van der Waals surface area (Å²) in [6, 6.07) is 14.2. The smallest absolute Gasteiger partial charge is 0.236 e. The maximum atomic E-state index is 13.7. The van der Waals surface area contributed by atoms with Crippen molar-refractivity contribution in [1.29, 1.82) is 0 Å². The summed E-state index contributed by atoms with van der Waals surface area (Å²) >= 11 is 0.